The summed E-state index contributed by atoms with van der Waals surface area (Å²) >= 11 is 6.82. The summed E-state index contributed by atoms with van der Waals surface area (Å²) in [6, 6.07) is 4.69. The van der Waals surface area contributed by atoms with Crippen LogP contribution in [0.25, 0.3) is 0 Å². The molecule has 2 rings (SSSR count). The Labute approximate surface area is 184 Å². The van der Waals surface area contributed by atoms with Gasteiger partial charge in [0.15, 0.2) is 12.0 Å². The van der Waals surface area contributed by atoms with E-state index in [0.717, 1.165) is 0 Å². The molecular weight excluding hydrogens is 510 g/mol. The van der Waals surface area contributed by atoms with Crippen LogP contribution < -0.4 is 10.1 Å². The summed E-state index contributed by atoms with van der Waals surface area (Å²) in [6.45, 7) is 5.50. The van der Waals surface area contributed by atoms with Gasteiger partial charge in [0.2, 0.25) is 5.91 Å². The number of aldehydes is 1. The number of aliphatic carboxylic acids is 1. The predicted octanol–water partition coefficient (Wildman–Crippen LogP) is 5.37. The Kier molecular flexibility index (Phi) is 7.43. The quantitative estimate of drug-likeness (QED) is 0.329. The molecular formula is C20H19Br2NO6. The monoisotopic (exact) mass is 527 g/mol. The summed E-state index contributed by atoms with van der Waals surface area (Å²) in [5.74, 6) is -1.22. The maximum atomic E-state index is 11.8. The van der Waals surface area contributed by atoms with Crippen LogP contribution in [0.3, 0.4) is 0 Å². The van der Waals surface area contributed by atoms with Crippen LogP contribution in [0.2, 0.25) is 0 Å². The zero-order chi connectivity index (χ0) is 21.9. The van der Waals surface area contributed by atoms with Crippen LogP contribution in [0.1, 0.15) is 47.7 Å². The summed E-state index contributed by atoms with van der Waals surface area (Å²) in [4.78, 5) is 33.8. The molecule has 2 aromatic carbocycles. The van der Waals surface area contributed by atoms with Crippen molar-refractivity contribution in [1.29, 1.82) is 0 Å². The van der Waals surface area contributed by atoms with Crippen LogP contribution in [0, 0.1) is 6.92 Å². The third-order valence-electron chi connectivity index (χ3n) is 4.12. The van der Waals surface area contributed by atoms with Crippen molar-refractivity contribution in [3.05, 3.63) is 43.8 Å². The molecule has 0 unspecified atom stereocenters. The number of carboxylic acids is 1. The molecule has 29 heavy (non-hydrogen) atoms. The molecule has 3 N–H and O–H groups in total. The van der Waals surface area contributed by atoms with E-state index in [0.29, 0.717) is 43.5 Å². The number of phenolic OH excluding ortho intramolecular Hbond substituents is 1. The number of anilines is 1. The number of ether oxygens (including phenoxy) is 1. The van der Waals surface area contributed by atoms with Gasteiger partial charge in [-0.05, 0) is 68.5 Å². The molecule has 0 bridgehead atoms. The number of carboxylic acid groups (broad SMARTS) is 1. The summed E-state index contributed by atoms with van der Waals surface area (Å²) in [5, 5.41) is 21.5. The standard InChI is InChI=1S/C20H19Br2NO6/c1-9(2)13-5-12(4-11(8-24)19(13)28)29-20-14(21)6-15(10(3)18(20)22)23-16(25)7-17(26)27/h4-6,8-9,28H,7H2,1-3H3,(H,23,25)(H,26,27). The molecule has 0 aliphatic rings. The number of hydrogen-bond acceptors (Lipinski definition) is 5. The Morgan fingerprint density at radius 1 is 1.24 bits per heavy atom. The Bertz CT molecular complexity index is 988. The number of rotatable bonds is 7. The lowest BCUT2D eigenvalue weighted by molar-refractivity contribution is -0.139. The van der Waals surface area contributed by atoms with Gasteiger partial charge in [0, 0.05) is 11.3 Å². The average molecular weight is 529 g/mol. The minimum absolute atomic E-state index is 0.0299. The van der Waals surface area contributed by atoms with E-state index in [9.17, 15) is 19.5 Å². The highest BCUT2D eigenvalue weighted by Gasteiger charge is 2.19. The second-order valence-corrected chi connectivity index (χ2v) is 8.27. The Balaban J connectivity index is 2.43. The molecule has 0 fully saturated rings. The van der Waals surface area contributed by atoms with Crippen molar-refractivity contribution in [3.8, 4) is 17.2 Å². The number of amides is 1. The number of halogens is 2. The zero-order valence-electron chi connectivity index (χ0n) is 15.9. The Hall–Kier alpha value is -2.39. The minimum Gasteiger partial charge on any atom is -0.507 e. The zero-order valence-corrected chi connectivity index (χ0v) is 19.0. The van der Waals surface area contributed by atoms with E-state index in [2.05, 4.69) is 37.2 Å². The van der Waals surface area contributed by atoms with E-state index in [1.165, 1.54) is 6.07 Å². The average Bonchev–Trinajstić information content (AvgIpc) is 2.63. The highest BCUT2D eigenvalue weighted by Crippen LogP contribution is 2.43. The first-order valence-corrected chi connectivity index (χ1v) is 10.1. The van der Waals surface area contributed by atoms with Crippen LogP contribution in [0.4, 0.5) is 5.69 Å². The van der Waals surface area contributed by atoms with Crippen molar-refractivity contribution in [2.24, 2.45) is 0 Å². The SMILES string of the molecule is Cc1c(NC(=O)CC(=O)O)cc(Br)c(Oc2cc(C=O)c(O)c(C(C)C)c2)c1Br. The molecule has 0 saturated heterocycles. The molecule has 0 heterocycles. The maximum Gasteiger partial charge on any atom is 0.312 e. The van der Waals surface area contributed by atoms with Crippen LogP contribution in [-0.4, -0.2) is 28.4 Å². The van der Waals surface area contributed by atoms with Crippen LogP contribution in [0.5, 0.6) is 17.2 Å². The first-order chi connectivity index (χ1) is 13.5. The van der Waals surface area contributed by atoms with Gasteiger partial charge in [0.1, 0.15) is 17.9 Å². The van der Waals surface area contributed by atoms with Crippen molar-refractivity contribution >= 4 is 55.7 Å². The second kappa shape index (κ2) is 9.41. The van der Waals surface area contributed by atoms with Crippen LogP contribution in [0.15, 0.2) is 27.1 Å². The van der Waals surface area contributed by atoms with Crippen molar-refractivity contribution in [3.63, 3.8) is 0 Å². The maximum absolute atomic E-state index is 11.8. The van der Waals surface area contributed by atoms with E-state index < -0.39 is 18.3 Å². The van der Waals surface area contributed by atoms with Crippen molar-refractivity contribution in [1.82, 2.24) is 0 Å². The summed E-state index contributed by atoms with van der Waals surface area (Å²) in [6.07, 6.45) is -0.0859. The van der Waals surface area contributed by atoms with Crippen LogP contribution >= 0.6 is 31.9 Å². The summed E-state index contributed by atoms with van der Waals surface area (Å²) in [7, 11) is 0. The molecule has 0 saturated carbocycles. The number of carbonyl (C=O) groups excluding carboxylic acids is 2. The lowest BCUT2D eigenvalue weighted by Crippen LogP contribution is -2.16. The fourth-order valence-corrected chi connectivity index (χ4v) is 3.89. The smallest absolute Gasteiger partial charge is 0.312 e. The first kappa shape index (κ1) is 22.9. The van der Waals surface area contributed by atoms with Gasteiger partial charge in [-0.2, -0.15) is 0 Å². The molecule has 7 nitrogen and oxygen atoms in total. The Morgan fingerprint density at radius 2 is 1.90 bits per heavy atom. The van der Waals surface area contributed by atoms with Gasteiger partial charge in [-0.1, -0.05) is 13.8 Å². The first-order valence-electron chi connectivity index (χ1n) is 8.55. The molecule has 0 aliphatic carbocycles. The van der Waals surface area contributed by atoms with Gasteiger partial charge in [-0.25, -0.2) is 0 Å². The molecule has 0 aromatic heterocycles. The number of phenols is 1. The van der Waals surface area contributed by atoms with Gasteiger partial charge >= 0.3 is 5.97 Å². The molecule has 0 radical (unpaired) electrons. The third-order valence-corrected chi connectivity index (χ3v) is 5.66. The summed E-state index contributed by atoms with van der Waals surface area (Å²) < 4.78 is 6.99. The van der Waals surface area contributed by atoms with E-state index in [-0.39, 0.29) is 17.2 Å². The lowest BCUT2D eigenvalue weighted by atomic mass is 9.99. The number of nitrogens with one attached hydrogen (secondary N) is 1. The third kappa shape index (κ3) is 5.36. The fourth-order valence-electron chi connectivity index (χ4n) is 2.61. The Morgan fingerprint density at radius 3 is 2.45 bits per heavy atom. The number of carbonyl (C=O) groups is 3. The number of benzene rings is 2. The molecule has 0 spiro atoms. The van der Waals surface area contributed by atoms with E-state index in [4.69, 9.17) is 9.84 Å². The highest BCUT2D eigenvalue weighted by atomic mass is 79.9. The number of aromatic hydroxyl groups is 1. The molecule has 9 heteroatoms. The molecule has 1 amide bonds. The molecule has 2 aromatic rings. The fraction of sp³-hybridized carbons (Fsp3) is 0.250. The largest absolute Gasteiger partial charge is 0.507 e. The summed E-state index contributed by atoms with van der Waals surface area (Å²) in [5.41, 5.74) is 1.74. The molecule has 0 atom stereocenters. The van der Waals surface area contributed by atoms with Gasteiger partial charge in [-0.3, -0.25) is 14.4 Å². The van der Waals surface area contributed by atoms with E-state index in [1.54, 1.807) is 19.1 Å². The van der Waals surface area contributed by atoms with Gasteiger partial charge in [-0.15, -0.1) is 0 Å². The van der Waals surface area contributed by atoms with E-state index in [1.807, 2.05) is 13.8 Å². The van der Waals surface area contributed by atoms with Crippen molar-refractivity contribution < 1.29 is 29.3 Å². The van der Waals surface area contributed by atoms with Gasteiger partial charge in [0.05, 0.1) is 14.5 Å². The second-order valence-electron chi connectivity index (χ2n) is 6.62. The minimum atomic E-state index is -1.22. The van der Waals surface area contributed by atoms with Crippen LogP contribution in [-0.2, 0) is 9.59 Å². The normalized spacial score (nSPS) is 10.7. The predicted molar refractivity (Wildman–Crippen MR) is 115 cm³/mol. The van der Waals surface area contributed by atoms with Crippen molar-refractivity contribution in [2.75, 3.05) is 5.32 Å². The topological polar surface area (TPSA) is 113 Å². The van der Waals surface area contributed by atoms with Gasteiger partial charge < -0.3 is 20.3 Å². The molecule has 0 aliphatic heterocycles. The van der Waals surface area contributed by atoms with E-state index >= 15 is 0 Å². The molecule has 154 valence electrons. The van der Waals surface area contributed by atoms with Gasteiger partial charge in [0.25, 0.3) is 0 Å². The number of hydrogen-bond donors (Lipinski definition) is 3. The van der Waals surface area contributed by atoms with Crippen molar-refractivity contribution in [2.45, 2.75) is 33.1 Å². The highest BCUT2D eigenvalue weighted by molar-refractivity contribution is 9.11. The lowest BCUT2D eigenvalue weighted by Gasteiger charge is -2.18.